The van der Waals surface area contributed by atoms with Gasteiger partial charge in [0.2, 0.25) is 0 Å². The first-order valence-corrected chi connectivity index (χ1v) is 5.09. The zero-order chi connectivity index (χ0) is 11.1. The fourth-order valence-corrected chi connectivity index (χ4v) is 1.29. The average Bonchev–Trinajstić information content (AvgIpc) is 2.21. The van der Waals surface area contributed by atoms with E-state index in [1.807, 2.05) is 6.07 Å². The number of nitrogen functional groups attached to an aromatic ring is 1. The van der Waals surface area contributed by atoms with Crippen LogP contribution in [0.5, 0.6) is 0 Å². The van der Waals surface area contributed by atoms with Crippen LogP contribution in [0.15, 0.2) is 18.3 Å². The number of carbonyl (C=O) groups excluding carboxylic acids is 1. The predicted molar refractivity (Wildman–Crippen MR) is 58.2 cm³/mol. The lowest BCUT2D eigenvalue weighted by Crippen LogP contribution is -2.05. The van der Waals surface area contributed by atoms with Gasteiger partial charge in [-0.25, -0.2) is 0 Å². The Kier molecular flexibility index (Phi) is 4.60. The van der Waals surface area contributed by atoms with Crippen molar-refractivity contribution in [1.82, 2.24) is 4.98 Å². The van der Waals surface area contributed by atoms with Crippen molar-refractivity contribution < 1.29 is 9.53 Å². The molecule has 2 N–H and O–H groups in total. The Labute approximate surface area is 89.5 Å². The molecule has 0 saturated heterocycles. The Morgan fingerprint density at radius 1 is 1.60 bits per heavy atom. The third-order valence-corrected chi connectivity index (χ3v) is 2.03. The van der Waals surface area contributed by atoms with Gasteiger partial charge in [-0.1, -0.05) is 0 Å². The second-order valence-corrected chi connectivity index (χ2v) is 3.20. The maximum Gasteiger partial charge on any atom is 0.305 e. The fraction of sp³-hybridized carbons (Fsp3) is 0.455. The summed E-state index contributed by atoms with van der Waals surface area (Å²) < 4.78 is 4.82. The minimum absolute atomic E-state index is 0.160. The summed E-state index contributed by atoms with van der Waals surface area (Å²) in [7, 11) is 0. The molecule has 1 heterocycles. The molecule has 4 nitrogen and oxygen atoms in total. The summed E-state index contributed by atoms with van der Waals surface area (Å²) in [6, 6.07) is 3.61. The van der Waals surface area contributed by atoms with Gasteiger partial charge in [0.1, 0.15) is 0 Å². The van der Waals surface area contributed by atoms with Crippen LogP contribution < -0.4 is 5.73 Å². The minimum Gasteiger partial charge on any atom is -0.466 e. The van der Waals surface area contributed by atoms with Gasteiger partial charge in [0.25, 0.3) is 0 Å². The van der Waals surface area contributed by atoms with Crippen molar-refractivity contribution in [3.8, 4) is 0 Å². The number of nitrogens with zero attached hydrogens (tertiary/aromatic N) is 1. The van der Waals surface area contributed by atoms with E-state index in [0.29, 0.717) is 25.1 Å². The standard InChI is InChI=1S/C11H16N2O2/c1-2-15-11(14)7-3-6-10-9(12)5-4-8-13-10/h4-5,8H,2-3,6-7,12H2,1H3. The molecule has 0 atom stereocenters. The molecule has 0 radical (unpaired) electrons. The SMILES string of the molecule is CCOC(=O)CCCc1ncccc1N. The number of aryl methyl sites for hydroxylation is 1. The van der Waals surface area contributed by atoms with E-state index in [4.69, 9.17) is 10.5 Å². The number of pyridine rings is 1. The normalized spacial score (nSPS) is 9.93. The molecule has 0 saturated carbocycles. The summed E-state index contributed by atoms with van der Waals surface area (Å²) in [6.07, 6.45) is 3.56. The van der Waals surface area contributed by atoms with Crippen LogP contribution in [0.2, 0.25) is 0 Å². The maximum atomic E-state index is 11.0. The zero-order valence-corrected chi connectivity index (χ0v) is 8.90. The molecule has 0 unspecified atom stereocenters. The second-order valence-electron chi connectivity index (χ2n) is 3.20. The summed E-state index contributed by atoms with van der Waals surface area (Å²) in [5, 5.41) is 0. The first-order valence-electron chi connectivity index (χ1n) is 5.09. The van der Waals surface area contributed by atoms with Crippen LogP contribution in [0.1, 0.15) is 25.5 Å². The van der Waals surface area contributed by atoms with Gasteiger partial charge in [0.15, 0.2) is 0 Å². The molecule has 1 aromatic heterocycles. The van der Waals surface area contributed by atoms with Crippen LogP contribution in [0.25, 0.3) is 0 Å². The lowest BCUT2D eigenvalue weighted by molar-refractivity contribution is -0.143. The second kappa shape index (κ2) is 6.01. The number of hydrogen-bond acceptors (Lipinski definition) is 4. The highest BCUT2D eigenvalue weighted by Crippen LogP contribution is 2.10. The molecular weight excluding hydrogens is 192 g/mol. The molecule has 0 aliphatic heterocycles. The molecule has 0 fully saturated rings. The number of anilines is 1. The van der Waals surface area contributed by atoms with Crippen molar-refractivity contribution in [2.75, 3.05) is 12.3 Å². The molecule has 82 valence electrons. The maximum absolute atomic E-state index is 11.0. The first-order chi connectivity index (χ1) is 7.24. The molecule has 0 spiro atoms. The van der Waals surface area contributed by atoms with Gasteiger partial charge in [0, 0.05) is 12.6 Å². The summed E-state index contributed by atoms with van der Waals surface area (Å²) >= 11 is 0. The number of ether oxygens (including phenoxy) is 1. The molecule has 0 aromatic carbocycles. The highest BCUT2D eigenvalue weighted by atomic mass is 16.5. The molecule has 15 heavy (non-hydrogen) atoms. The van der Waals surface area contributed by atoms with Crippen molar-refractivity contribution in [3.05, 3.63) is 24.0 Å². The van der Waals surface area contributed by atoms with Crippen LogP contribution in [0, 0.1) is 0 Å². The van der Waals surface area contributed by atoms with E-state index in [1.165, 1.54) is 0 Å². The van der Waals surface area contributed by atoms with Crippen molar-refractivity contribution in [2.45, 2.75) is 26.2 Å². The van der Waals surface area contributed by atoms with E-state index >= 15 is 0 Å². The Balaban J connectivity index is 2.32. The number of rotatable bonds is 5. The van der Waals surface area contributed by atoms with Gasteiger partial charge < -0.3 is 10.5 Å². The van der Waals surface area contributed by atoms with E-state index in [1.54, 1.807) is 19.2 Å². The quantitative estimate of drug-likeness (QED) is 0.745. The van der Waals surface area contributed by atoms with E-state index in [0.717, 1.165) is 12.1 Å². The fourth-order valence-electron chi connectivity index (χ4n) is 1.29. The van der Waals surface area contributed by atoms with Crippen LogP contribution >= 0.6 is 0 Å². The molecule has 0 amide bonds. The molecule has 1 rings (SSSR count). The molecule has 4 heteroatoms. The Hall–Kier alpha value is -1.58. The smallest absolute Gasteiger partial charge is 0.305 e. The third kappa shape index (κ3) is 3.97. The van der Waals surface area contributed by atoms with Gasteiger partial charge in [0.05, 0.1) is 18.0 Å². The van der Waals surface area contributed by atoms with Crippen molar-refractivity contribution in [3.63, 3.8) is 0 Å². The molecule has 0 aliphatic rings. The molecule has 0 bridgehead atoms. The van der Waals surface area contributed by atoms with Gasteiger partial charge in [-0.3, -0.25) is 9.78 Å². The zero-order valence-electron chi connectivity index (χ0n) is 8.90. The number of aromatic nitrogens is 1. The average molecular weight is 208 g/mol. The Morgan fingerprint density at radius 2 is 2.40 bits per heavy atom. The van der Waals surface area contributed by atoms with Crippen molar-refractivity contribution >= 4 is 11.7 Å². The van der Waals surface area contributed by atoms with Crippen molar-refractivity contribution in [2.24, 2.45) is 0 Å². The Morgan fingerprint density at radius 3 is 3.07 bits per heavy atom. The largest absolute Gasteiger partial charge is 0.466 e. The van der Waals surface area contributed by atoms with Gasteiger partial charge in [-0.05, 0) is 31.9 Å². The van der Waals surface area contributed by atoms with Gasteiger partial charge in [-0.15, -0.1) is 0 Å². The van der Waals surface area contributed by atoms with Crippen LogP contribution in [-0.4, -0.2) is 17.6 Å². The lowest BCUT2D eigenvalue weighted by Gasteiger charge is -2.03. The Bertz CT molecular complexity index is 326. The van der Waals surface area contributed by atoms with Crippen LogP contribution in [0.4, 0.5) is 5.69 Å². The highest BCUT2D eigenvalue weighted by molar-refractivity contribution is 5.69. The highest BCUT2D eigenvalue weighted by Gasteiger charge is 2.04. The summed E-state index contributed by atoms with van der Waals surface area (Å²) in [4.78, 5) is 15.2. The monoisotopic (exact) mass is 208 g/mol. The topological polar surface area (TPSA) is 65.2 Å². The molecule has 1 aromatic rings. The third-order valence-electron chi connectivity index (χ3n) is 2.03. The van der Waals surface area contributed by atoms with E-state index in [2.05, 4.69) is 4.98 Å². The first kappa shape index (κ1) is 11.5. The van der Waals surface area contributed by atoms with Crippen LogP contribution in [0.3, 0.4) is 0 Å². The molecule has 0 aliphatic carbocycles. The minimum atomic E-state index is -0.160. The van der Waals surface area contributed by atoms with Gasteiger partial charge >= 0.3 is 5.97 Å². The number of esters is 1. The van der Waals surface area contributed by atoms with E-state index < -0.39 is 0 Å². The number of hydrogen-bond donors (Lipinski definition) is 1. The van der Waals surface area contributed by atoms with Gasteiger partial charge in [-0.2, -0.15) is 0 Å². The van der Waals surface area contributed by atoms with E-state index in [-0.39, 0.29) is 5.97 Å². The lowest BCUT2D eigenvalue weighted by atomic mass is 10.1. The number of nitrogens with two attached hydrogens (primary N) is 1. The van der Waals surface area contributed by atoms with Crippen LogP contribution in [-0.2, 0) is 16.0 Å². The summed E-state index contributed by atoms with van der Waals surface area (Å²) in [5.74, 6) is -0.160. The summed E-state index contributed by atoms with van der Waals surface area (Å²) in [5.41, 5.74) is 7.25. The summed E-state index contributed by atoms with van der Waals surface area (Å²) in [6.45, 7) is 2.24. The molecular formula is C11H16N2O2. The van der Waals surface area contributed by atoms with E-state index in [9.17, 15) is 4.79 Å². The van der Waals surface area contributed by atoms with Crippen molar-refractivity contribution in [1.29, 1.82) is 0 Å². The predicted octanol–water partition coefficient (Wildman–Crippen LogP) is 1.55. The number of carbonyl (C=O) groups is 1.